The zero-order valence-electron chi connectivity index (χ0n) is 12.0. The first kappa shape index (κ1) is 15.2. The fraction of sp³-hybridized carbons (Fsp3) is 0.500. The van der Waals surface area contributed by atoms with Gasteiger partial charge in [-0.05, 0) is 19.4 Å². The van der Waals surface area contributed by atoms with Crippen molar-refractivity contribution in [2.24, 2.45) is 0 Å². The minimum Gasteiger partial charge on any atom is -0.386 e. The summed E-state index contributed by atoms with van der Waals surface area (Å²) in [5.74, 6) is -0.639. The Morgan fingerprint density at radius 2 is 2.15 bits per heavy atom. The third-order valence-electron chi connectivity index (χ3n) is 3.26. The molecule has 1 fully saturated rings. The van der Waals surface area contributed by atoms with Crippen LogP contribution in [-0.2, 0) is 20.8 Å². The summed E-state index contributed by atoms with van der Waals surface area (Å²) in [6.45, 7) is 8.13. The van der Waals surface area contributed by atoms with E-state index in [4.69, 9.17) is 14.2 Å². The van der Waals surface area contributed by atoms with Gasteiger partial charge in [0.05, 0.1) is 13.2 Å². The Bertz CT molecular complexity index is 429. The molecule has 4 heteroatoms. The quantitative estimate of drug-likeness (QED) is 0.811. The van der Waals surface area contributed by atoms with Crippen molar-refractivity contribution in [1.29, 1.82) is 0 Å². The maximum absolute atomic E-state index is 10.0. The minimum absolute atomic E-state index is 0.304. The Kier molecular flexibility index (Phi) is 4.94. The number of aliphatic hydroxyl groups is 1. The third-order valence-corrected chi connectivity index (χ3v) is 3.26. The molecule has 0 aliphatic carbocycles. The summed E-state index contributed by atoms with van der Waals surface area (Å²) < 4.78 is 17.1. The number of hydrogen-bond donors (Lipinski definition) is 1. The van der Waals surface area contributed by atoms with Gasteiger partial charge in [-0.3, -0.25) is 0 Å². The normalized spacial score (nSPS) is 24.2. The van der Waals surface area contributed by atoms with Crippen LogP contribution >= 0.6 is 0 Å². The van der Waals surface area contributed by atoms with E-state index in [1.54, 1.807) is 0 Å². The summed E-state index contributed by atoms with van der Waals surface area (Å²) >= 11 is 0. The molecule has 0 radical (unpaired) electrons. The topological polar surface area (TPSA) is 47.9 Å². The number of benzene rings is 1. The van der Waals surface area contributed by atoms with Crippen LogP contribution in [0.2, 0.25) is 0 Å². The van der Waals surface area contributed by atoms with Crippen LogP contribution in [0.3, 0.4) is 0 Å². The maximum Gasteiger partial charge on any atom is 0.163 e. The molecule has 2 rings (SSSR count). The van der Waals surface area contributed by atoms with E-state index in [1.165, 1.54) is 6.08 Å². The Balaban J connectivity index is 1.99. The highest BCUT2D eigenvalue weighted by atomic mass is 16.7. The lowest BCUT2D eigenvalue weighted by molar-refractivity contribution is -0.167. The standard InChI is InChI=1S/C16H22O4/c1-4-13(17)15(14-11-19-16(2,3)20-14)18-10-12-8-6-5-7-9-12/h4-9,13-15,17H,1,10-11H2,2-3H3/t13-,14+,15-/m0/s1. The lowest BCUT2D eigenvalue weighted by atomic mass is 10.1. The van der Waals surface area contributed by atoms with Gasteiger partial charge in [0, 0.05) is 0 Å². The molecule has 0 spiro atoms. The number of ether oxygens (including phenoxy) is 3. The van der Waals surface area contributed by atoms with Crippen molar-refractivity contribution >= 4 is 0 Å². The predicted octanol–water partition coefficient (Wildman–Crippen LogP) is 2.27. The lowest BCUT2D eigenvalue weighted by Gasteiger charge is -2.27. The zero-order valence-corrected chi connectivity index (χ0v) is 12.0. The summed E-state index contributed by atoms with van der Waals surface area (Å²) in [5.41, 5.74) is 1.05. The highest BCUT2D eigenvalue weighted by Gasteiger charge is 2.40. The largest absolute Gasteiger partial charge is 0.386 e. The second kappa shape index (κ2) is 6.50. The molecule has 0 unspecified atom stereocenters. The van der Waals surface area contributed by atoms with Crippen molar-refractivity contribution in [3.05, 3.63) is 48.6 Å². The van der Waals surface area contributed by atoms with E-state index in [2.05, 4.69) is 6.58 Å². The van der Waals surface area contributed by atoms with E-state index in [0.29, 0.717) is 13.2 Å². The Hall–Kier alpha value is -1.20. The van der Waals surface area contributed by atoms with Gasteiger partial charge in [0.2, 0.25) is 0 Å². The van der Waals surface area contributed by atoms with Gasteiger partial charge in [0.15, 0.2) is 5.79 Å². The van der Waals surface area contributed by atoms with Crippen molar-refractivity contribution in [3.63, 3.8) is 0 Å². The van der Waals surface area contributed by atoms with Crippen molar-refractivity contribution in [2.45, 2.75) is 44.6 Å². The molecule has 4 nitrogen and oxygen atoms in total. The van der Waals surface area contributed by atoms with Gasteiger partial charge in [-0.25, -0.2) is 0 Å². The van der Waals surface area contributed by atoms with Gasteiger partial charge in [-0.15, -0.1) is 6.58 Å². The number of aliphatic hydroxyl groups excluding tert-OH is 1. The fourth-order valence-electron chi connectivity index (χ4n) is 2.20. The fourth-order valence-corrected chi connectivity index (χ4v) is 2.20. The van der Waals surface area contributed by atoms with E-state index < -0.39 is 18.0 Å². The molecule has 1 N–H and O–H groups in total. The molecule has 0 amide bonds. The Labute approximate surface area is 120 Å². The van der Waals surface area contributed by atoms with Crippen LogP contribution in [0, 0.1) is 0 Å². The molecule has 1 aliphatic heterocycles. The molecule has 0 saturated carbocycles. The summed E-state index contributed by atoms with van der Waals surface area (Å²) in [5, 5.41) is 10.0. The Morgan fingerprint density at radius 1 is 1.45 bits per heavy atom. The number of rotatable bonds is 6. The maximum atomic E-state index is 10.0. The highest BCUT2D eigenvalue weighted by molar-refractivity contribution is 5.13. The summed E-state index contributed by atoms with van der Waals surface area (Å²) in [6.07, 6.45) is -0.123. The van der Waals surface area contributed by atoms with Crippen LogP contribution in [0.15, 0.2) is 43.0 Å². The van der Waals surface area contributed by atoms with E-state index in [0.717, 1.165) is 5.56 Å². The van der Waals surface area contributed by atoms with Gasteiger partial charge >= 0.3 is 0 Å². The second-order valence-electron chi connectivity index (χ2n) is 5.35. The third kappa shape index (κ3) is 3.90. The molecular formula is C16H22O4. The Morgan fingerprint density at radius 3 is 2.70 bits per heavy atom. The van der Waals surface area contributed by atoms with Crippen molar-refractivity contribution in [1.82, 2.24) is 0 Å². The van der Waals surface area contributed by atoms with Crippen LogP contribution in [0.1, 0.15) is 19.4 Å². The van der Waals surface area contributed by atoms with Crippen LogP contribution < -0.4 is 0 Å². The van der Waals surface area contributed by atoms with Crippen molar-refractivity contribution in [2.75, 3.05) is 6.61 Å². The molecule has 0 aromatic heterocycles. The molecular weight excluding hydrogens is 256 g/mol. The predicted molar refractivity (Wildman–Crippen MR) is 76.1 cm³/mol. The molecule has 3 atom stereocenters. The average Bonchev–Trinajstić information content (AvgIpc) is 2.80. The van der Waals surface area contributed by atoms with Gasteiger partial charge in [0.25, 0.3) is 0 Å². The van der Waals surface area contributed by atoms with Gasteiger partial charge < -0.3 is 19.3 Å². The zero-order chi connectivity index (χ0) is 14.6. The first-order chi connectivity index (χ1) is 9.52. The molecule has 0 bridgehead atoms. The lowest BCUT2D eigenvalue weighted by Crippen LogP contribution is -2.41. The van der Waals surface area contributed by atoms with E-state index in [9.17, 15) is 5.11 Å². The van der Waals surface area contributed by atoms with Crippen LogP contribution in [0.25, 0.3) is 0 Å². The molecule has 1 aromatic rings. The van der Waals surface area contributed by atoms with Gasteiger partial charge in [0.1, 0.15) is 18.3 Å². The monoisotopic (exact) mass is 278 g/mol. The van der Waals surface area contributed by atoms with Crippen LogP contribution in [0.4, 0.5) is 0 Å². The average molecular weight is 278 g/mol. The molecule has 110 valence electrons. The molecule has 20 heavy (non-hydrogen) atoms. The second-order valence-corrected chi connectivity index (χ2v) is 5.35. The van der Waals surface area contributed by atoms with Gasteiger partial charge in [-0.2, -0.15) is 0 Å². The summed E-state index contributed by atoms with van der Waals surface area (Å²) in [4.78, 5) is 0. The van der Waals surface area contributed by atoms with Crippen LogP contribution in [-0.4, -0.2) is 35.8 Å². The van der Waals surface area contributed by atoms with E-state index in [-0.39, 0.29) is 6.10 Å². The van der Waals surface area contributed by atoms with Crippen molar-refractivity contribution < 1.29 is 19.3 Å². The summed E-state index contributed by atoms with van der Waals surface area (Å²) in [7, 11) is 0. The van der Waals surface area contributed by atoms with Crippen molar-refractivity contribution in [3.8, 4) is 0 Å². The van der Waals surface area contributed by atoms with Crippen LogP contribution in [0.5, 0.6) is 0 Å². The first-order valence-corrected chi connectivity index (χ1v) is 6.80. The SMILES string of the molecule is C=C[C@H](O)[C@H](OCc1ccccc1)[C@H]1COC(C)(C)O1. The van der Waals surface area contributed by atoms with E-state index >= 15 is 0 Å². The van der Waals surface area contributed by atoms with E-state index in [1.807, 2.05) is 44.2 Å². The number of hydrogen-bond acceptors (Lipinski definition) is 4. The minimum atomic E-state index is -0.791. The van der Waals surface area contributed by atoms with Gasteiger partial charge in [-0.1, -0.05) is 36.4 Å². The molecule has 1 aromatic carbocycles. The molecule has 1 heterocycles. The summed E-state index contributed by atoms with van der Waals surface area (Å²) in [6, 6.07) is 9.82. The molecule has 1 aliphatic rings. The molecule has 1 saturated heterocycles. The first-order valence-electron chi connectivity index (χ1n) is 6.80. The smallest absolute Gasteiger partial charge is 0.163 e. The highest BCUT2D eigenvalue weighted by Crippen LogP contribution is 2.27.